The van der Waals surface area contributed by atoms with Crippen LogP contribution in [0.25, 0.3) is 0 Å². The third-order valence-corrected chi connectivity index (χ3v) is 9.65. The van der Waals surface area contributed by atoms with Crippen LogP contribution >= 0.6 is 0 Å². The zero-order valence-electron chi connectivity index (χ0n) is 22.1. The number of aliphatic hydroxyl groups is 1. The molecule has 2 N–H and O–H groups in total. The molecule has 214 valence electrons. The molecule has 1 aliphatic carbocycles. The van der Waals surface area contributed by atoms with E-state index in [-0.39, 0.29) is 35.4 Å². The molecule has 2 atom stereocenters. The molecule has 2 aromatic rings. The highest BCUT2D eigenvalue weighted by Gasteiger charge is 2.42. The van der Waals surface area contributed by atoms with Crippen molar-refractivity contribution in [1.82, 2.24) is 20.2 Å². The maximum Gasteiger partial charge on any atom is 0.391 e. The third kappa shape index (κ3) is 6.60. The fourth-order valence-corrected chi connectivity index (χ4v) is 6.45. The molecule has 1 amide bonds. The van der Waals surface area contributed by atoms with Crippen molar-refractivity contribution in [1.29, 1.82) is 0 Å². The van der Waals surface area contributed by atoms with Gasteiger partial charge in [-0.3, -0.25) is 19.7 Å². The second-order valence-electron chi connectivity index (χ2n) is 10.4. The van der Waals surface area contributed by atoms with Crippen molar-refractivity contribution in [2.45, 2.75) is 75.7 Å². The topological polar surface area (TPSA) is 112 Å². The van der Waals surface area contributed by atoms with Crippen molar-refractivity contribution in [2.24, 2.45) is 11.8 Å². The molecule has 39 heavy (non-hydrogen) atoms. The summed E-state index contributed by atoms with van der Waals surface area (Å²) in [6.45, 7) is 4.42. The van der Waals surface area contributed by atoms with Crippen molar-refractivity contribution in [3.63, 3.8) is 0 Å². The van der Waals surface area contributed by atoms with E-state index < -0.39 is 40.5 Å². The number of pyridine rings is 2. The van der Waals surface area contributed by atoms with E-state index in [1.54, 1.807) is 6.07 Å². The highest BCUT2D eigenvalue weighted by Crippen LogP contribution is 2.42. The molecule has 0 spiro atoms. The third-order valence-electron chi connectivity index (χ3n) is 7.93. The lowest BCUT2D eigenvalue weighted by Gasteiger charge is -2.33. The number of fused-ring (bicyclic) bond motifs is 1. The Balaban J connectivity index is 1.41. The van der Waals surface area contributed by atoms with Crippen LogP contribution in [-0.4, -0.2) is 59.4 Å². The van der Waals surface area contributed by atoms with Gasteiger partial charge in [0.2, 0.25) is 0 Å². The number of aliphatic hydroxyl groups excluding tert-OH is 1. The van der Waals surface area contributed by atoms with E-state index in [1.165, 1.54) is 31.5 Å². The van der Waals surface area contributed by atoms with E-state index in [0.717, 1.165) is 17.7 Å². The molecular formula is C27H35F3N4O4S. The van der Waals surface area contributed by atoms with Gasteiger partial charge in [-0.1, -0.05) is 13.8 Å². The van der Waals surface area contributed by atoms with Gasteiger partial charge in [0.25, 0.3) is 5.91 Å². The number of nitrogens with zero attached hydrogens (tertiary/aromatic N) is 3. The van der Waals surface area contributed by atoms with Crippen molar-refractivity contribution < 1.29 is 31.5 Å². The molecular weight excluding hydrogens is 533 g/mol. The van der Waals surface area contributed by atoms with Crippen LogP contribution in [0.2, 0.25) is 0 Å². The lowest BCUT2D eigenvalue weighted by Crippen LogP contribution is -2.33. The van der Waals surface area contributed by atoms with Crippen LogP contribution in [0.3, 0.4) is 0 Å². The summed E-state index contributed by atoms with van der Waals surface area (Å²) in [5.41, 5.74) is 2.43. The minimum absolute atomic E-state index is 0.0461. The van der Waals surface area contributed by atoms with Crippen LogP contribution in [0, 0.1) is 11.8 Å². The first-order chi connectivity index (χ1) is 18.5. The first-order valence-electron chi connectivity index (χ1n) is 13.4. The summed E-state index contributed by atoms with van der Waals surface area (Å²) in [6.07, 6.45) is 0.839. The smallest absolute Gasteiger partial charge is 0.391 e. The Bertz CT molecular complexity index is 1260. The second-order valence-corrected chi connectivity index (χ2v) is 12.7. The number of carbonyl (C=O) groups excluding carboxylic acids is 1. The van der Waals surface area contributed by atoms with Crippen LogP contribution < -0.4 is 5.32 Å². The van der Waals surface area contributed by atoms with Crippen LogP contribution in [-0.2, 0) is 16.4 Å². The summed E-state index contributed by atoms with van der Waals surface area (Å²) in [5, 5.41) is 12.6. The SMILES string of the molecule is CC[C@@H]1c2ncc(C(=O)N[C@@H](CO)c3ccc(S(=O)(=O)CC)cn3)cc2CN1C[C@H]1CC[C@H](C(F)(F)F)CC1. The average Bonchev–Trinajstić information content (AvgIpc) is 3.27. The van der Waals surface area contributed by atoms with Crippen molar-refractivity contribution in [3.8, 4) is 0 Å². The normalized spacial score (nSPS) is 22.9. The van der Waals surface area contributed by atoms with Gasteiger partial charge >= 0.3 is 6.18 Å². The van der Waals surface area contributed by atoms with Crippen LogP contribution in [0.1, 0.15) is 85.3 Å². The maximum atomic E-state index is 13.1. The van der Waals surface area contributed by atoms with Crippen molar-refractivity contribution >= 4 is 15.7 Å². The Hall–Kier alpha value is -2.57. The molecule has 1 saturated carbocycles. The zero-order chi connectivity index (χ0) is 28.4. The highest BCUT2D eigenvalue weighted by atomic mass is 32.2. The molecule has 2 aromatic heterocycles. The van der Waals surface area contributed by atoms with E-state index in [1.807, 2.05) is 6.92 Å². The van der Waals surface area contributed by atoms with E-state index in [2.05, 4.69) is 20.2 Å². The van der Waals surface area contributed by atoms with Gasteiger partial charge in [-0.2, -0.15) is 13.2 Å². The summed E-state index contributed by atoms with van der Waals surface area (Å²) in [5.74, 6) is -1.51. The maximum absolute atomic E-state index is 13.1. The minimum atomic E-state index is -4.12. The number of alkyl halides is 3. The fourth-order valence-electron chi connectivity index (χ4n) is 5.62. The second kappa shape index (κ2) is 11.9. The van der Waals surface area contributed by atoms with Crippen LogP contribution in [0.5, 0.6) is 0 Å². The molecule has 12 heteroatoms. The Morgan fingerprint density at radius 2 is 1.87 bits per heavy atom. The number of sulfone groups is 1. The lowest BCUT2D eigenvalue weighted by atomic mass is 9.81. The van der Waals surface area contributed by atoms with E-state index >= 15 is 0 Å². The summed E-state index contributed by atoms with van der Waals surface area (Å²) in [6, 6.07) is 3.86. The van der Waals surface area contributed by atoms with Gasteiger partial charge in [0.15, 0.2) is 9.84 Å². The summed E-state index contributed by atoms with van der Waals surface area (Å²) in [4.78, 5) is 24.1. The van der Waals surface area contributed by atoms with E-state index in [9.17, 15) is 31.5 Å². The Morgan fingerprint density at radius 3 is 2.44 bits per heavy atom. The van der Waals surface area contributed by atoms with Gasteiger partial charge in [0.05, 0.1) is 52.2 Å². The van der Waals surface area contributed by atoms with Gasteiger partial charge in [-0.15, -0.1) is 0 Å². The van der Waals surface area contributed by atoms with Crippen LogP contribution in [0.4, 0.5) is 13.2 Å². The predicted molar refractivity (Wildman–Crippen MR) is 138 cm³/mol. The standard InChI is InChI=1S/C27H35F3N4O4S/c1-3-24-25-19(15-34(24)14-17-5-7-20(8-6-17)27(28,29)30)11-18(12-32-25)26(36)33-23(16-35)22-10-9-21(13-31-22)39(37,38)4-2/h9-13,17,20,23-24,35H,3-8,14-16H2,1-2H3,(H,33,36)/t17-,20-,23-,24+/m0/s1. The summed E-state index contributed by atoms with van der Waals surface area (Å²) < 4.78 is 63.2. The Morgan fingerprint density at radius 1 is 1.15 bits per heavy atom. The fraction of sp³-hybridized carbons (Fsp3) is 0.593. The van der Waals surface area contributed by atoms with E-state index in [0.29, 0.717) is 37.2 Å². The Kier molecular flexibility index (Phi) is 8.97. The molecule has 4 rings (SSSR count). The molecule has 1 fully saturated rings. The molecule has 2 aliphatic rings. The predicted octanol–water partition coefficient (Wildman–Crippen LogP) is 4.37. The number of hydrogen-bond donors (Lipinski definition) is 2. The number of carbonyl (C=O) groups is 1. The van der Waals surface area contributed by atoms with Gasteiger partial charge < -0.3 is 10.4 Å². The quantitative estimate of drug-likeness (QED) is 0.462. The first-order valence-corrected chi connectivity index (χ1v) is 15.0. The van der Waals surface area contributed by atoms with Crippen LogP contribution in [0.15, 0.2) is 35.5 Å². The molecule has 0 radical (unpaired) electrons. The van der Waals surface area contributed by atoms with E-state index in [4.69, 9.17) is 0 Å². The van der Waals surface area contributed by atoms with Gasteiger partial charge in [0, 0.05) is 25.5 Å². The molecule has 0 aromatic carbocycles. The lowest BCUT2D eigenvalue weighted by molar-refractivity contribution is -0.184. The number of hydrogen-bond acceptors (Lipinski definition) is 7. The van der Waals surface area contributed by atoms with Gasteiger partial charge in [0.1, 0.15) is 0 Å². The molecule has 1 aliphatic heterocycles. The van der Waals surface area contributed by atoms with Gasteiger partial charge in [-0.05, 0) is 61.8 Å². The summed E-state index contributed by atoms with van der Waals surface area (Å²) in [7, 11) is -3.42. The van der Waals surface area contributed by atoms with Gasteiger partial charge in [-0.25, -0.2) is 8.42 Å². The monoisotopic (exact) mass is 568 g/mol. The number of aromatic nitrogens is 2. The summed E-state index contributed by atoms with van der Waals surface area (Å²) >= 11 is 0. The Labute approximate surface area is 227 Å². The van der Waals surface area contributed by atoms with Crippen molar-refractivity contribution in [3.05, 3.63) is 53.1 Å². The average molecular weight is 569 g/mol. The number of amides is 1. The molecule has 3 heterocycles. The molecule has 8 nitrogen and oxygen atoms in total. The molecule has 0 saturated heterocycles. The zero-order valence-corrected chi connectivity index (χ0v) is 22.9. The van der Waals surface area contributed by atoms with Crippen molar-refractivity contribution in [2.75, 3.05) is 18.9 Å². The number of nitrogens with one attached hydrogen (secondary N) is 1. The molecule has 0 unspecified atom stereocenters. The number of rotatable bonds is 9. The first kappa shape index (κ1) is 29.4. The molecule has 0 bridgehead atoms. The largest absolute Gasteiger partial charge is 0.394 e. The minimum Gasteiger partial charge on any atom is -0.394 e. The highest BCUT2D eigenvalue weighted by molar-refractivity contribution is 7.91. The number of halogens is 3.